The molecular weight excluding hydrogens is 535 g/mol. The molecule has 1 aliphatic carbocycles. The summed E-state index contributed by atoms with van der Waals surface area (Å²) in [6.45, 7) is 1.42. The highest BCUT2D eigenvalue weighted by Crippen LogP contribution is 2.42. The summed E-state index contributed by atoms with van der Waals surface area (Å²) in [7, 11) is -3.72. The van der Waals surface area contributed by atoms with Gasteiger partial charge < -0.3 is 11.1 Å². The smallest absolute Gasteiger partial charge is 0.260 e. The van der Waals surface area contributed by atoms with E-state index in [0.717, 1.165) is 23.9 Å². The third-order valence-corrected chi connectivity index (χ3v) is 7.30. The lowest BCUT2D eigenvalue weighted by atomic mass is 10.1. The van der Waals surface area contributed by atoms with E-state index in [1.54, 1.807) is 30.3 Å². The first-order valence-electron chi connectivity index (χ1n) is 11.6. The number of aromatic nitrogens is 3. The summed E-state index contributed by atoms with van der Waals surface area (Å²) in [6.07, 6.45) is 3.53. The highest BCUT2D eigenvalue weighted by Gasteiger charge is 2.28. The maximum atomic E-state index is 14.8. The van der Waals surface area contributed by atoms with Crippen molar-refractivity contribution in [2.24, 2.45) is 5.73 Å². The zero-order valence-electron chi connectivity index (χ0n) is 20.2. The van der Waals surface area contributed by atoms with Crippen molar-refractivity contribution in [2.75, 3.05) is 15.8 Å². The third-order valence-electron chi connectivity index (χ3n) is 5.69. The molecule has 1 aliphatic rings. The van der Waals surface area contributed by atoms with Gasteiger partial charge in [0, 0.05) is 16.9 Å². The Morgan fingerprint density at radius 1 is 1.18 bits per heavy atom. The highest BCUT2D eigenvalue weighted by molar-refractivity contribution is 7.92. The number of H-pyrrole nitrogens is 1. The summed E-state index contributed by atoms with van der Waals surface area (Å²) in [5, 5.41) is 10.3. The van der Waals surface area contributed by atoms with Gasteiger partial charge in [-0.05, 0) is 50.1 Å². The molecule has 0 aliphatic heterocycles. The number of rotatable bonds is 7. The number of carbonyl (C=O) groups excluding carboxylic acids is 2. The number of primary amides is 1. The minimum absolute atomic E-state index is 0.143. The zero-order chi connectivity index (χ0) is 27.4. The van der Waals surface area contributed by atoms with Crippen LogP contribution in [0.3, 0.4) is 0 Å². The molecule has 0 saturated heterocycles. The summed E-state index contributed by atoms with van der Waals surface area (Å²) in [5.41, 5.74) is 6.56. The normalized spacial score (nSPS) is 12.9. The van der Waals surface area contributed by atoms with E-state index in [1.807, 2.05) is 6.07 Å². The van der Waals surface area contributed by atoms with Crippen LogP contribution >= 0.6 is 11.6 Å². The largest absolute Gasteiger partial charge is 0.366 e. The van der Waals surface area contributed by atoms with Crippen molar-refractivity contribution in [3.8, 4) is 0 Å². The Morgan fingerprint density at radius 3 is 2.50 bits per heavy atom. The summed E-state index contributed by atoms with van der Waals surface area (Å²) >= 11 is 6.01. The second kappa shape index (κ2) is 11.2. The monoisotopic (exact) mass is 558 g/mol. The summed E-state index contributed by atoms with van der Waals surface area (Å²) in [6, 6.07) is 12.9. The van der Waals surface area contributed by atoms with Crippen molar-refractivity contribution in [1.29, 1.82) is 0 Å². The first kappa shape index (κ1) is 27.0. The Morgan fingerprint density at radius 2 is 1.89 bits per heavy atom. The Kier molecular flexibility index (Phi) is 7.93. The van der Waals surface area contributed by atoms with Crippen molar-refractivity contribution in [2.45, 2.75) is 25.7 Å². The number of nitrogens with one attached hydrogen (secondary N) is 3. The van der Waals surface area contributed by atoms with E-state index in [2.05, 4.69) is 25.2 Å². The standard InChI is InChI=1S/C18H17ClFN5O3S.C7H7NO/c1-2-29(27,28)25-13-6-5-12(19)14(15(13)20)18(26)22-10-7-11-16(9-3-4-9)23-24-17(11)21-8-10;8-7(9)6-4-2-1-3-5-6/h5-9,25H,2-4H2,1H3,(H,22,26)(H,21,23,24);1-5H,(H2,8,9). The van der Waals surface area contributed by atoms with Gasteiger partial charge in [-0.15, -0.1) is 0 Å². The second-order valence-electron chi connectivity index (χ2n) is 8.48. The second-order valence-corrected chi connectivity index (χ2v) is 10.9. The molecule has 0 spiro atoms. The third kappa shape index (κ3) is 6.26. The zero-order valence-corrected chi connectivity index (χ0v) is 21.7. The number of amides is 2. The van der Waals surface area contributed by atoms with Crippen LogP contribution < -0.4 is 15.8 Å². The van der Waals surface area contributed by atoms with Gasteiger partial charge >= 0.3 is 0 Å². The molecule has 5 rings (SSSR count). The fourth-order valence-corrected chi connectivity index (χ4v) is 4.40. The van der Waals surface area contributed by atoms with Crippen LogP contribution in [0.4, 0.5) is 15.8 Å². The molecule has 10 nitrogen and oxygen atoms in total. The van der Waals surface area contributed by atoms with Crippen molar-refractivity contribution < 1.29 is 22.4 Å². The van der Waals surface area contributed by atoms with E-state index in [4.69, 9.17) is 17.3 Å². The summed E-state index contributed by atoms with van der Waals surface area (Å²) < 4.78 is 40.4. The number of nitrogens with two attached hydrogens (primary N) is 1. The molecule has 0 unspecified atom stereocenters. The van der Waals surface area contributed by atoms with E-state index in [0.29, 0.717) is 22.8 Å². The van der Waals surface area contributed by atoms with E-state index >= 15 is 0 Å². The molecule has 2 heterocycles. The van der Waals surface area contributed by atoms with Gasteiger partial charge in [0.2, 0.25) is 15.9 Å². The van der Waals surface area contributed by atoms with E-state index in [9.17, 15) is 22.4 Å². The van der Waals surface area contributed by atoms with Crippen molar-refractivity contribution >= 4 is 55.8 Å². The highest BCUT2D eigenvalue weighted by atomic mass is 35.5. The number of hydrogen-bond acceptors (Lipinski definition) is 6. The number of nitrogens with zero attached hydrogens (tertiary/aromatic N) is 2. The Hall–Kier alpha value is -4.03. The molecule has 4 aromatic rings. The molecule has 2 amide bonds. The van der Waals surface area contributed by atoms with Gasteiger partial charge in [-0.3, -0.25) is 19.4 Å². The lowest BCUT2D eigenvalue weighted by molar-refractivity contribution is 0.0997. The Bertz CT molecular complexity index is 1610. The van der Waals surface area contributed by atoms with Crippen LogP contribution in [0.2, 0.25) is 5.02 Å². The number of sulfonamides is 1. The summed E-state index contributed by atoms with van der Waals surface area (Å²) in [5.74, 6) is -2.11. The van der Waals surface area contributed by atoms with Gasteiger partial charge in [0.1, 0.15) is 0 Å². The van der Waals surface area contributed by atoms with Gasteiger partial charge in [0.05, 0.1) is 39.6 Å². The van der Waals surface area contributed by atoms with Crippen LogP contribution in [-0.2, 0) is 10.0 Å². The number of benzene rings is 2. The van der Waals surface area contributed by atoms with Gasteiger partial charge in [0.15, 0.2) is 11.5 Å². The van der Waals surface area contributed by atoms with Crippen LogP contribution in [0.5, 0.6) is 0 Å². The van der Waals surface area contributed by atoms with Gasteiger partial charge in [0.25, 0.3) is 5.91 Å². The predicted octanol–water partition coefficient (Wildman–Crippen LogP) is 4.43. The van der Waals surface area contributed by atoms with Crippen molar-refractivity contribution in [3.63, 3.8) is 0 Å². The first-order chi connectivity index (χ1) is 18.1. The summed E-state index contributed by atoms with van der Waals surface area (Å²) in [4.78, 5) is 27.3. The molecule has 0 atom stereocenters. The van der Waals surface area contributed by atoms with Crippen LogP contribution in [0.25, 0.3) is 11.0 Å². The van der Waals surface area contributed by atoms with Crippen molar-refractivity contribution in [1.82, 2.24) is 15.2 Å². The number of fused-ring (bicyclic) bond motifs is 1. The van der Waals surface area contributed by atoms with E-state index in [1.165, 1.54) is 25.3 Å². The number of aromatic amines is 1. The SMILES string of the molecule is CCS(=O)(=O)Nc1ccc(Cl)c(C(=O)Nc2cnc3[nH]nc(C4CC4)c3c2)c1F.NC(=O)c1ccccc1. The lowest BCUT2D eigenvalue weighted by Gasteiger charge is -2.12. The minimum Gasteiger partial charge on any atom is -0.366 e. The molecular formula is C25H24ClFN6O4S. The van der Waals surface area contributed by atoms with E-state index < -0.39 is 27.3 Å². The minimum atomic E-state index is -3.72. The van der Waals surface area contributed by atoms with Crippen LogP contribution in [0.15, 0.2) is 54.7 Å². The van der Waals surface area contributed by atoms with Gasteiger partial charge in [-0.2, -0.15) is 5.10 Å². The average Bonchev–Trinajstić information content (AvgIpc) is 3.65. The average molecular weight is 559 g/mol. The van der Waals surface area contributed by atoms with Crippen LogP contribution in [-0.4, -0.2) is 41.2 Å². The van der Waals surface area contributed by atoms with E-state index in [-0.39, 0.29) is 22.4 Å². The molecule has 2 aromatic carbocycles. The maximum Gasteiger partial charge on any atom is 0.260 e. The first-order valence-corrected chi connectivity index (χ1v) is 13.6. The lowest BCUT2D eigenvalue weighted by Crippen LogP contribution is -2.19. The molecule has 13 heteroatoms. The molecule has 2 aromatic heterocycles. The maximum absolute atomic E-state index is 14.8. The molecule has 1 fully saturated rings. The number of carbonyl (C=O) groups is 2. The fourth-order valence-electron chi connectivity index (χ4n) is 3.53. The number of hydrogen-bond donors (Lipinski definition) is 4. The molecule has 0 bridgehead atoms. The molecule has 198 valence electrons. The van der Waals surface area contributed by atoms with Crippen LogP contribution in [0, 0.1) is 5.82 Å². The van der Waals surface area contributed by atoms with Gasteiger partial charge in [-0.25, -0.2) is 17.8 Å². The van der Waals surface area contributed by atoms with Crippen LogP contribution in [0.1, 0.15) is 52.1 Å². The Balaban J connectivity index is 0.000000317. The number of pyridine rings is 1. The quantitative estimate of drug-likeness (QED) is 0.262. The Labute approximate surface area is 222 Å². The predicted molar refractivity (Wildman–Crippen MR) is 143 cm³/mol. The van der Waals surface area contributed by atoms with Crippen molar-refractivity contribution in [3.05, 3.63) is 82.4 Å². The number of halogens is 2. The fraction of sp³-hybridized carbons (Fsp3) is 0.200. The molecule has 0 radical (unpaired) electrons. The molecule has 38 heavy (non-hydrogen) atoms. The molecule has 5 N–H and O–H groups in total. The number of anilines is 2. The molecule has 1 saturated carbocycles. The topological polar surface area (TPSA) is 160 Å². The van der Waals surface area contributed by atoms with Gasteiger partial charge in [-0.1, -0.05) is 29.8 Å².